The predicted molar refractivity (Wildman–Crippen MR) is 127 cm³/mol. The van der Waals surface area contributed by atoms with E-state index in [0.717, 1.165) is 47.5 Å². The Balaban J connectivity index is 1.48. The molecule has 0 aliphatic rings. The highest BCUT2D eigenvalue weighted by atomic mass is 32.1. The second kappa shape index (κ2) is 10.1. The number of benzene rings is 3. The second-order valence-corrected chi connectivity index (χ2v) is 8.39. The molecule has 0 aliphatic heterocycles. The van der Waals surface area contributed by atoms with Crippen molar-refractivity contribution in [1.82, 2.24) is 3.96 Å². The van der Waals surface area contributed by atoms with E-state index in [-0.39, 0.29) is 5.56 Å². The first-order valence-electron chi connectivity index (χ1n) is 10.4. The van der Waals surface area contributed by atoms with Crippen LogP contribution in [0.15, 0.2) is 95.8 Å². The quantitative estimate of drug-likeness (QED) is 0.338. The molecule has 0 spiro atoms. The van der Waals surface area contributed by atoms with Crippen molar-refractivity contribution in [2.45, 2.75) is 25.8 Å². The van der Waals surface area contributed by atoms with E-state index in [1.807, 2.05) is 46.4 Å². The summed E-state index contributed by atoms with van der Waals surface area (Å²) in [4.78, 5) is 14.2. The van der Waals surface area contributed by atoms with Crippen molar-refractivity contribution in [3.05, 3.63) is 112 Å². The van der Waals surface area contributed by atoms with Crippen molar-refractivity contribution in [2.24, 2.45) is 0 Å². The largest absolute Gasteiger partial charge is 0.379 e. The summed E-state index contributed by atoms with van der Waals surface area (Å²) in [6.07, 6.45) is 3.19. The van der Waals surface area contributed by atoms with Gasteiger partial charge in [0.05, 0.1) is 11.4 Å². The Morgan fingerprint density at radius 1 is 0.733 bits per heavy atom. The van der Waals surface area contributed by atoms with Crippen LogP contribution in [0.5, 0.6) is 0 Å². The highest BCUT2D eigenvalue weighted by Gasteiger charge is 2.16. The molecule has 0 fully saturated rings. The average molecular weight is 415 g/mol. The number of unbranched alkanes of at least 4 members (excludes halogenated alkanes) is 1. The lowest BCUT2D eigenvalue weighted by molar-refractivity contribution is 0.761. The Labute approximate surface area is 181 Å². The first-order valence-corrected chi connectivity index (χ1v) is 11.2. The summed E-state index contributed by atoms with van der Waals surface area (Å²) in [5, 5.41) is 3.45. The number of nitrogens with zero attached hydrogens (tertiary/aromatic N) is 1. The molecule has 0 saturated carbocycles. The molecule has 152 valence electrons. The van der Waals surface area contributed by atoms with E-state index in [1.165, 1.54) is 17.1 Å². The van der Waals surface area contributed by atoms with Crippen LogP contribution < -0.4 is 10.9 Å². The van der Waals surface area contributed by atoms with E-state index >= 15 is 0 Å². The predicted octanol–water partition coefficient (Wildman–Crippen LogP) is 6.06. The summed E-state index contributed by atoms with van der Waals surface area (Å²) in [7, 11) is 0. The smallest absolute Gasteiger partial charge is 0.284 e. The Morgan fingerprint density at radius 2 is 1.33 bits per heavy atom. The van der Waals surface area contributed by atoms with Crippen LogP contribution in [0.3, 0.4) is 0 Å². The zero-order valence-corrected chi connectivity index (χ0v) is 17.8. The van der Waals surface area contributed by atoms with Crippen molar-refractivity contribution in [2.75, 3.05) is 11.9 Å². The normalized spacial score (nSPS) is 10.8. The molecule has 0 atom stereocenters. The van der Waals surface area contributed by atoms with Crippen LogP contribution in [0, 0.1) is 0 Å². The lowest BCUT2D eigenvalue weighted by atomic mass is 10.1. The number of aromatic nitrogens is 1. The van der Waals surface area contributed by atoms with Crippen LogP contribution in [-0.4, -0.2) is 10.5 Å². The van der Waals surface area contributed by atoms with E-state index in [2.05, 4.69) is 53.8 Å². The summed E-state index contributed by atoms with van der Waals surface area (Å²) < 4.78 is 1.85. The van der Waals surface area contributed by atoms with Crippen LogP contribution in [0.25, 0.3) is 10.4 Å². The van der Waals surface area contributed by atoms with Crippen LogP contribution in [-0.2, 0) is 13.0 Å². The van der Waals surface area contributed by atoms with Crippen molar-refractivity contribution in [3.63, 3.8) is 0 Å². The van der Waals surface area contributed by atoms with Gasteiger partial charge in [-0.2, -0.15) is 0 Å². The summed E-state index contributed by atoms with van der Waals surface area (Å²) in [5.41, 5.74) is 4.36. The van der Waals surface area contributed by atoms with Gasteiger partial charge >= 0.3 is 0 Å². The zero-order valence-electron chi connectivity index (χ0n) is 17.0. The van der Waals surface area contributed by atoms with Crippen LogP contribution in [0.1, 0.15) is 24.0 Å². The summed E-state index contributed by atoms with van der Waals surface area (Å²) in [6, 6.07) is 30.9. The number of rotatable bonds is 9. The minimum absolute atomic E-state index is 0.0609. The summed E-state index contributed by atoms with van der Waals surface area (Å²) in [5.74, 6) is 0. The van der Waals surface area contributed by atoms with E-state index in [4.69, 9.17) is 0 Å². The third-order valence-electron chi connectivity index (χ3n) is 5.11. The van der Waals surface area contributed by atoms with Crippen LogP contribution in [0.2, 0.25) is 0 Å². The lowest BCUT2D eigenvalue weighted by Gasteiger charge is -2.06. The lowest BCUT2D eigenvalue weighted by Crippen LogP contribution is -2.18. The first-order chi connectivity index (χ1) is 14.8. The molecule has 3 aromatic carbocycles. The first kappa shape index (κ1) is 20.2. The molecule has 4 heteroatoms. The molecule has 0 aliphatic carbocycles. The van der Waals surface area contributed by atoms with E-state index in [0.29, 0.717) is 6.54 Å². The molecule has 4 aromatic rings. The van der Waals surface area contributed by atoms with E-state index in [1.54, 1.807) is 0 Å². The van der Waals surface area contributed by atoms with Crippen molar-refractivity contribution in [1.29, 1.82) is 0 Å². The van der Waals surface area contributed by atoms with E-state index in [9.17, 15) is 4.79 Å². The Kier molecular flexibility index (Phi) is 6.78. The Hall–Kier alpha value is -3.11. The van der Waals surface area contributed by atoms with Crippen molar-refractivity contribution in [3.8, 4) is 10.4 Å². The maximum Gasteiger partial charge on any atom is 0.284 e. The second-order valence-electron chi connectivity index (χ2n) is 7.36. The van der Waals surface area contributed by atoms with Gasteiger partial charge in [-0.25, -0.2) is 0 Å². The van der Waals surface area contributed by atoms with Gasteiger partial charge in [0.1, 0.15) is 5.69 Å². The average Bonchev–Trinajstić information content (AvgIpc) is 3.11. The highest BCUT2D eigenvalue weighted by Crippen LogP contribution is 2.30. The molecular weight excluding hydrogens is 388 g/mol. The molecule has 4 rings (SSSR count). The molecule has 0 saturated heterocycles. The third kappa shape index (κ3) is 5.08. The standard InChI is InChI=1S/C26H26N2OS/c29-26-24(27-19-11-10-14-21-12-4-1-5-13-21)25(23-17-8-3-9-18-23)30-28(26)20-22-15-6-2-7-16-22/h1-9,12-13,15-18,27H,10-11,14,19-20H2. The third-order valence-corrected chi connectivity index (χ3v) is 6.25. The zero-order chi connectivity index (χ0) is 20.6. The summed E-state index contributed by atoms with van der Waals surface area (Å²) in [6.45, 7) is 1.39. The fraction of sp³-hybridized carbons (Fsp3) is 0.192. The van der Waals surface area contributed by atoms with Gasteiger partial charge in [-0.15, -0.1) is 0 Å². The van der Waals surface area contributed by atoms with Crippen LogP contribution in [0.4, 0.5) is 5.69 Å². The van der Waals surface area contributed by atoms with Gasteiger partial charge in [-0.1, -0.05) is 103 Å². The van der Waals surface area contributed by atoms with Gasteiger partial charge in [-0.3, -0.25) is 8.75 Å². The van der Waals surface area contributed by atoms with Gasteiger partial charge in [0, 0.05) is 6.54 Å². The maximum atomic E-state index is 13.2. The molecule has 3 nitrogen and oxygen atoms in total. The Morgan fingerprint density at radius 3 is 2.00 bits per heavy atom. The number of nitrogens with one attached hydrogen (secondary N) is 1. The molecule has 0 bridgehead atoms. The Bertz CT molecular complexity index is 1100. The minimum Gasteiger partial charge on any atom is -0.379 e. The maximum absolute atomic E-state index is 13.2. The van der Waals surface area contributed by atoms with Crippen molar-refractivity contribution >= 4 is 17.2 Å². The number of anilines is 1. The number of aryl methyl sites for hydroxylation is 1. The van der Waals surface area contributed by atoms with Gasteiger partial charge in [-0.05, 0) is 36.0 Å². The van der Waals surface area contributed by atoms with Crippen molar-refractivity contribution < 1.29 is 0 Å². The SMILES string of the molecule is O=c1c(NCCCCc2ccccc2)c(-c2ccccc2)sn1Cc1ccccc1. The molecule has 0 amide bonds. The minimum atomic E-state index is 0.0609. The molecule has 0 radical (unpaired) electrons. The molecular formula is C26H26N2OS. The fourth-order valence-corrected chi connectivity index (χ4v) is 4.63. The molecule has 1 N–H and O–H groups in total. The van der Waals surface area contributed by atoms with Gasteiger partial charge in [0.15, 0.2) is 0 Å². The van der Waals surface area contributed by atoms with Gasteiger partial charge in [0.25, 0.3) is 5.56 Å². The molecule has 30 heavy (non-hydrogen) atoms. The van der Waals surface area contributed by atoms with Crippen LogP contribution >= 0.6 is 11.5 Å². The van der Waals surface area contributed by atoms with Gasteiger partial charge in [0.2, 0.25) is 0 Å². The number of hydrogen-bond acceptors (Lipinski definition) is 3. The number of hydrogen-bond donors (Lipinski definition) is 1. The summed E-state index contributed by atoms with van der Waals surface area (Å²) >= 11 is 1.54. The topological polar surface area (TPSA) is 34.0 Å². The molecule has 1 aromatic heterocycles. The molecule has 1 heterocycles. The van der Waals surface area contributed by atoms with E-state index < -0.39 is 0 Å². The fourth-order valence-electron chi connectivity index (χ4n) is 3.53. The highest BCUT2D eigenvalue weighted by molar-refractivity contribution is 7.10. The molecule has 0 unspecified atom stereocenters. The monoisotopic (exact) mass is 414 g/mol. The van der Waals surface area contributed by atoms with Gasteiger partial charge < -0.3 is 5.32 Å².